The van der Waals surface area contributed by atoms with Gasteiger partial charge in [-0.05, 0) is 54.8 Å². The molecule has 8 nitrogen and oxygen atoms in total. The zero-order valence-corrected chi connectivity index (χ0v) is 22.3. The number of fused-ring (bicyclic) bond motifs is 1. The molecule has 1 aromatic heterocycles. The van der Waals surface area contributed by atoms with Crippen molar-refractivity contribution in [1.29, 1.82) is 0 Å². The highest BCUT2D eigenvalue weighted by Gasteiger charge is 2.34. The number of allylic oxidation sites excluding steroid dienone is 1. The third-order valence-electron chi connectivity index (χ3n) is 7.30. The van der Waals surface area contributed by atoms with Gasteiger partial charge in [0, 0.05) is 49.2 Å². The lowest BCUT2D eigenvalue weighted by molar-refractivity contribution is 0.122. The molecule has 0 unspecified atom stereocenters. The lowest BCUT2D eigenvalue weighted by Gasteiger charge is -2.40. The number of phenolic OH excluding ortho intramolecular Hbond substituents is 1. The topological polar surface area (TPSA) is 97.2 Å². The maximum Gasteiger partial charge on any atom is 0.407 e. The number of anilines is 2. The first kappa shape index (κ1) is 26.9. The van der Waals surface area contributed by atoms with E-state index in [9.17, 15) is 24.2 Å². The van der Waals surface area contributed by atoms with Gasteiger partial charge in [-0.2, -0.15) is 0 Å². The van der Waals surface area contributed by atoms with E-state index < -0.39 is 23.5 Å². The lowest BCUT2D eigenvalue weighted by Crippen LogP contribution is -2.47. The summed E-state index contributed by atoms with van der Waals surface area (Å²) < 4.78 is 30.7. The number of aryl methyl sites for hydroxylation is 1. The summed E-state index contributed by atoms with van der Waals surface area (Å²) in [6.07, 6.45) is 2.27. The minimum absolute atomic E-state index is 0.0312. The van der Waals surface area contributed by atoms with Gasteiger partial charge in [0.1, 0.15) is 23.1 Å². The van der Waals surface area contributed by atoms with Crippen LogP contribution in [0.25, 0.3) is 16.8 Å². The molecule has 3 aromatic rings. The Bertz CT molecular complexity index is 1570. The number of amides is 1. The van der Waals surface area contributed by atoms with Crippen LogP contribution in [0.4, 0.5) is 25.0 Å². The number of pyridine rings is 1. The number of phenols is 1. The monoisotopic (exact) mass is 546 g/mol. The number of rotatable bonds is 4. The van der Waals surface area contributed by atoms with E-state index in [0.29, 0.717) is 41.4 Å². The number of carbonyl (C=O) groups excluding carboxylic acids is 1. The summed E-state index contributed by atoms with van der Waals surface area (Å²) in [5, 5.41) is 19.8. The second kappa shape index (κ2) is 10.5. The van der Waals surface area contributed by atoms with Crippen LogP contribution in [-0.4, -0.2) is 63.2 Å². The van der Waals surface area contributed by atoms with Gasteiger partial charge in [-0.1, -0.05) is 19.9 Å². The Hall–Kier alpha value is -4.69. The lowest BCUT2D eigenvalue weighted by atomic mass is 9.93. The molecule has 0 spiro atoms. The van der Waals surface area contributed by atoms with Crippen molar-refractivity contribution in [1.82, 2.24) is 14.8 Å². The van der Waals surface area contributed by atoms with Gasteiger partial charge in [0.2, 0.25) is 0 Å². The van der Waals surface area contributed by atoms with Crippen molar-refractivity contribution in [2.45, 2.75) is 26.7 Å². The first-order chi connectivity index (χ1) is 19.1. The molecule has 5 rings (SSSR count). The van der Waals surface area contributed by atoms with Crippen LogP contribution in [0.15, 0.2) is 54.4 Å². The maximum absolute atomic E-state index is 15.8. The molecule has 0 saturated carbocycles. The minimum Gasteiger partial charge on any atom is -0.507 e. The maximum atomic E-state index is 15.8. The van der Waals surface area contributed by atoms with E-state index in [1.165, 1.54) is 29.2 Å². The second-order valence-electron chi connectivity index (χ2n) is 10.1. The first-order valence-electron chi connectivity index (χ1n) is 12.9. The average Bonchev–Trinajstić information content (AvgIpc) is 2.92. The normalized spacial score (nSPS) is 15.2. The molecule has 2 N–H and O–H groups in total. The fourth-order valence-corrected chi connectivity index (χ4v) is 5.33. The van der Waals surface area contributed by atoms with Crippen LogP contribution in [0.3, 0.4) is 0 Å². The van der Waals surface area contributed by atoms with E-state index >= 15 is 4.39 Å². The molecule has 0 atom stereocenters. The number of halogens is 2. The highest BCUT2D eigenvalue weighted by molar-refractivity contribution is 5.95. The molecule has 10 heteroatoms. The van der Waals surface area contributed by atoms with Crippen molar-refractivity contribution in [3.05, 3.63) is 82.8 Å². The number of nitrogens with zero attached hydrogens (tertiary/aromatic N) is 4. The van der Waals surface area contributed by atoms with Crippen molar-refractivity contribution < 1.29 is 28.6 Å². The minimum atomic E-state index is -1.02. The zero-order valence-electron chi connectivity index (χ0n) is 22.3. The van der Waals surface area contributed by atoms with Crippen molar-refractivity contribution in [2.24, 2.45) is 0 Å². The molecule has 2 aliphatic heterocycles. The van der Waals surface area contributed by atoms with Crippen LogP contribution < -0.4 is 4.90 Å². The molecule has 1 amide bonds. The van der Waals surface area contributed by atoms with Gasteiger partial charge in [-0.3, -0.25) is 9.88 Å². The van der Waals surface area contributed by atoms with Crippen molar-refractivity contribution >= 4 is 29.1 Å². The predicted molar refractivity (Wildman–Crippen MR) is 147 cm³/mol. The van der Waals surface area contributed by atoms with Gasteiger partial charge < -0.3 is 20.0 Å². The third-order valence-corrected chi connectivity index (χ3v) is 7.30. The molecule has 40 heavy (non-hydrogen) atoms. The van der Waals surface area contributed by atoms with E-state index in [2.05, 4.69) is 4.98 Å². The Morgan fingerprint density at radius 3 is 2.40 bits per heavy atom. The SMILES string of the molecule is Cc1ccnc(C(C)C)c1N1C(=C=O)C=C(N2CCN(C(=O)O)CC2)c2cc(F)c(-c3c(O)cccc3F)cc21. The van der Waals surface area contributed by atoms with Crippen LogP contribution >= 0.6 is 0 Å². The van der Waals surface area contributed by atoms with Gasteiger partial charge >= 0.3 is 6.09 Å². The van der Waals surface area contributed by atoms with E-state index in [-0.39, 0.29) is 35.8 Å². The molecule has 1 saturated heterocycles. The third kappa shape index (κ3) is 4.56. The van der Waals surface area contributed by atoms with Crippen LogP contribution in [0.1, 0.15) is 36.6 Å². The van der Waals surface area contributed by atoms with Gasteiger partial charge in [0.05, 0.1) is 22.6 Å². The van der Waals surface area contributed by atoms with Gasteiger partial charge in [0.25, 0.3) is 0 Å². The number of benzene rings is 2. The number of aromatic hydroxyl groups is 1. The Morgan fingerprint density at radius 1 is 1.05 bits per heavy atom. The Kier molecular flexibility index (Phi) is 7.04. The summed E-state index contributed by atoms with van der Waals surface area (Å²) in [5.74, 6) is 0.00340. The number of carbonyl (C=O) groups is 1. The van der Waals surface area contributed by atoms with E-state index in [0.717, 1.165) is 11.6 Å². The van der Waals surface area contributed by atoms with Crippen LogP contribution in [0.5, 0.6) is 5.75 Å². The van der Waals surface area contributed by atoms with Crippen molar-refractivity contribution in [2.75, 3.05) is 31.1 Å². The molecular formula is C30H28F2N4O4. The Balaban J connectivity index is 1.77. The molecule has 2 aliphatic rings. The smallest absolute Gasteiger partial charge is 0.407 e. The van der Waals surface area contributed by atoms with Gasteiger partial charge in [0.15, 0.2) is 5.94 Å². The number of hydrogen-bond donors (Lipinski definition) is 2. The summed E-state index contributed by atoms with van der Waals surface area (Å²) in [6.45, 7) is 6.93. The fourth-order valence-electron chi connectivity index (χ4n) is 5.33. The summed E-state index contributed by atoms with van der Waals surface area (Å²) in [7, 11) is 0. The fraction of sp³-hybridized carbons (Fsp3) is 0.267. The predicted octanol–water partition coefficient (Wildman–Crippen LogP) is 5.67. The van der Waals surface area contributed by atoms with E-state index in [1.54, 1.807) is 23.2 Å². The first-order valence-corrected chi connectivity index (χ1v) is 12.9. The largest absolute Gasteiger partial charge is 0.507 e. The number of aromatic nitrogens is 1. The van der Waals surface area contributed by atoms with Gasteiger partial charge in [-0.15, -0.1) is 0 Å². The summed E-state index contributed by atoms with van der Waals surface area (Å²) in [6, 6.07) is 8.24. The summed E-state index contributed by atoms with van der Waals surface area (Å²) in [5.41, 5.74) is 3.13. The molecule has 3 heterocycles. The number of hydrogen-bond acceptors (Lipinski definition) is 6. The highest BCUT2D eigenvalue weighted by Crippen LogP contribution is 2.47. The van der Waals surface area contributed by atoms with Crippen molar-refractivity contribution in [3.8, 4) is 16.9 Å². The highest BCUT2D eigenvalue weighted by atomic mass is 19.1. The van der Waals surface area contributed by atoms with E-state index in [4.69, 9.17) is 0 Å². The van der Waals surface area contributed by atoms with Crippen LogP contribution in [0, 0.1) is 18.6 Å². The molecule has 0 aliphatic carbocycles. The summed E-state index contributed by atoms with van der Waals surface area (Å²) >= 11 is 0. The molecule has 2 aromatic carbocycles. The van der Waals surface area contributed by atoms with Crippen LogP contribution in [-0.2, 0) is 4.79 Å². The molecule has 206 valence electrons. The Morgan fingerprint density at radius 2 is 1.77 bits per heavy atom. The second-order valence-corrected chi connectivity index (χ2v) is 10.1. The number of piperazine rings is 1. The van der Waals surface area contributed by atoms with Crippen LogP contribution in [0.2, 0.25) is 0 Å². The molecule has 0 bridgehead atoms. The molecular weight excluding hydrogens is 518 g/mol. The zero-order chi connectivity index (χ0) is 28.7. The average molecular weight is 547 g/mol. The molecule has 1 fully saturated rings. The molecule has 0 radical (unpaired) electrons. The van der Waals surface area contributed by atoms with Gasteiger partial charge in [-0.25, -0.2) is 18.4 Å². The van der Waals surface area contributed by atoms with Crippen molar-refractivity contribution in [3.63, 3.8) is 0 Å². The standard InChI is InChI=1S/C30H28F2N4O4/c1-17(2)28-29(18(3)7-8-33-28)36-19(16-37)13-24(34-9-11-35(12-10-34)30(39)40)21-14-23(32)20(15-25(21)36)27-22(31)5-4-6-26(27)38/h4-8,13-15,17,38H,9-12H2,1-3H3,(H,39,40). The number of carboxylic acid groups (broad SMARTS) is 1. The quantitative estimate of drug-likeness (QED) is 0.407. The summed E-state index contributed by atoms with van der Waals surface area (Å²) in [4.78, 5) is 33.4. The van der Waals surface area contributed by atoms with E-state index in [1.807, 2.05) is 31.6 Å². The Labute approximate surface area is 230 Å².